The zero-order chi connectivity index (χ0) is 19.0. The van der Waals surface area contributed by atoms with Crippen molar-refractivity contribution in [1.82, 2.24) is 15.1 Å². The predicted molar refractivity (Wildman–Crippen MR) is 106 cm³/mol. The van der Waals surface area contributed by atoms with Crippen molar-refractivity contribution in [3.8, 4) is 0 Å². The van der Waals surface area contributed by atoms with Crippen LogP contribution >= 0.6 is 0 Å². The normalized spacial score (nSPS) is 16.5. The van der Waals surface area contributed by atoms with Gasteiger partial charge in [-0.3, -0.25) is 10.4 Å². The van der Waals surface area contributed by atoms with Crippen LogP contribution in [0.2, 0.25) is 0 Å². The van der Waals surface area contributed by atoms with Crippen LogP contribution in [0.4, 0.5) is 10.6 Å². The number of anilines is 1. The number of urea groups is 1. The van der Waals surface area contributed by atoms with Crippen LogP contribution in [0.15, 0.2) is 42.5 Å². The lowest BCUT2D eigenvalue weighted by Crippen LogP contribution is -2.47. The first kappa shape index (κ1) is 17.5. The topological polar surface area (TPSA) is 81.2 Å². The van der Waals surface area contributed by atoms with E-state index in [1.54, 1.807) is 4.90 Å². The van der Waals surface area contributed by atoms with E-state index in [0.29, 0.717) is 31.7 Å². The monoisotopic (exact) mass is 364 g/mol. The van der Waals surface area contributed by atoms with Crippen molar-refractivity contribution in [3.05, 3.63) is 59.2 Å². The molecule has 2 amide bonds. The van der Waals surface area contributed by atoms with Crippen molar-refractivity contribution < 1.29 is 9.90 Å². The van der Waals surface area contributed by atoms with E-state index in [1.165, 1.54) is 0 Å². The average molecular weight is 364 g/mol. The SMILES string of the molecule is Cc1ccc(C)c(C2(O)CCN(C(=O)Nc3n[nH]c4ccccc34)CC2)c1. The lowest BCUT2D eigenvalue weighted by atomic mass is 9.81. The molecular formula is C21H24N4O2. The molecule has 3 N–H and O–H groups in total. The Kier molecular flexibility index (Phi) is 4.36. The third kappa shape index (κ3) is 3.28. The van der Waals surface area contributed by atoms with Crippen molar-refractivity contribution in [2.45, 2.75) is 32.3 Å². The Morgan fingerprint density at radius 2 is 1.93 bits per heavy atom. The van der Waals surface area contributed by atoms with Gasteiger partial charge in [0.15, 0.2) is 5.82 Å². The molecule has 2 heterocycles. The van der Waals surface area contributed by atoms with Gasteiger partial charge >= 0.3 is 6.03 Å². The van der Waals surface area contributed by atoms with Crippen molar-refractivity contribution >= 4 is 22.8 Å². The van der Waals surface area contributed by atoms with Gasteiger partial charge in [-0.2, -0.15) is 5.10 Å². The van der Waals surface area contributed by atoms with Crippen molar-refractivity contribution in [2.75, 3.05) is 18.4 Å². The molecule has 0 spiro atoms. The van der Waals surface area contributed by atoms with E-state index in [0.717, 1.165) is 27.6 Å². The van der Waals surface area contributed by atoms with Crippen molar-refractivity contribution in [1.29, 1.82) is 0 Å². The molecule has 6 nitrogen and oxygen atoms in total. The van der Waals surface area contributed by atoms with Crippen LogP contribution < -0.4 is 5.32 Å². The number of aromatic amines is 1. The van der Waals surface area contributed by atoms with Crippen LogP contribution in [0.1, 0.15) is 29.5 Å². The van der Waals surface area contributed by atoms with Gasteiger partial charge in [-0.15, -0.1) is 0 Å². The van der Waals surface area contributed by atoms with Crippen molar-refractivity contribution in [3.63, 3.8) is 0 Å². The number of amides is 2. The largest absolute Gasteiger partial charge is 0.385 e. The number of para-hydroxylation sites is 1. The summed E-state index contributed by atoms with van der Waals surface area (Å²) in [5.74, 6) is 0.533. The first-order valence-corrected chi connectivity index (χ1v) is 9.25. The summed E-state index contributed by atoms with van der Waals surface area (Å²) in [5, 5.41) is 22.1. The summed E-state index contributed by atoms with van der Waals surface area (Å²) >= 11 is 0. The molecule has 2 aromatic carbocycles. The predicted octanol–water partition coefficient (Wildman–Crippen LogP) is 3.70. The summed E-state index contributed by atoms with van der Waals surface area (Å²) in [6, 6.07) is 13.6. The lowest BCUT2D eigenvalue weighted by Gasteiger charge is -2.39. The number of aliphatic hydroxyl groups is 1. The molecule has 0 unspecified atom stereocenters. The number of nitrogens with zero attached hydrogens (tertiary/aromatic N) is 2. The second-order valence-corrected chi connectivity index (χ2v) is 7.38. The number of benzene rings is 2. The maximum atomic E-state index is 12.7. The molecule has 6 heteroatoms. The molecule has 4 rings (SSSR count). The minimum absolute atomic E-state index is 0.185. The number of carbonyl (C=O) groups excluding carboxylic acids is 1. The third-order valence-electron chi connectivity index (χ3n) is 5.47. The average Bonchev–Trinajstić information content (AvgIpc) is 3.07. The number of fused-ring (bicyclic) bond motifs is 1. The summed E-state index contributed by atoms with van der Waals surface area (Å²) in [5.41, 5.74) is 3.20. The van der Waals surface area contributed by atoms with Gasteiger partial charge in [0.1, 0.15) is 0 Å². The molecule has 1 aliphatic rings. The first-order valence-electron chi connectivity index (χ1n) is 9.25. The molecule has 27 heavy (non-hydrogen) atoms. The highest BCUT2D eigenvalue weighted by Gasteiger charge is 2.36. The number of rotatable bonds is 2. The number of nitrogens with one attached hydrogen (secondary N) is 2. The minimum atomic E-state index is -0.883. The fourth-order valence-electron chi connectivity index (χ4n) is 3.83. The molecule has 1 saturated heterocycles. The van der Waals surface area contributed by atoms with E-state index >= 15 is 0 Å². The highest BCUT2D eigenvalue weighted by atomic mass is 16.3. The molecule has 1 aliphatic heterocycles. The molecule has 0 radical (unpaired) electrons. The number of hydrogen-bond donors (Lipinski definition) is 3. The van der Waals surface area contributed by atoms with Gasteiger partial charge in [0.25, 0.3) is 0 Å². The number of H-pyrrole nitrogens is 1. The quantitative estimate of drug-likeness (QED) is 0.649. The Labute approximate surface area is 158 Å². The maximum absolute atomic E-state index is 12.7. The fourth-order valence-corrected chi connectivity index (χ4v) is 3.83. The summed E-state index contributed by atoms with van der Waals surface area (Å²) in [6.07, 6.45) is 1.04. The second kappa shape index (κ2) is 6.70. The highest BCUT2D eigenvalue weighted by Crippen LogP contribution is 2.35. The van der Waals surface area contributed by atoms with Crippen LogP contribution in [-0.2, 0) is 5.60 Å². The van der Waals surface area contributed by atoms with E-state index < -0.39 is 5.60 Å². The molecular weight excluding hydrogens is 340 g/mol. The molecule has 0 aliphatic carbocycles. The summed E-state index contributed by atoms with van der Waals surface area (Å²) < 4.78 is 0. The van der Waals surface area contributed by atoms with Gasteiger partial charge in [0.2, 0.25) is 0 Å². The van der Waals surface area contributed by atoms with Crippen LogP contribution in [0.3, 0.4) is 0 Å². The van der Waals surface area contributed by atoms with E-state index in [2.05, 4.69) is 27.6 Å². The third-order valence-corrected chi connectivity index (χ3v) is 5.47. The Hall–Kier alpha value is -2.86. The molecule has 140 valence electrons. The van der Waals surface area contributed by atoms with Crippen LogP contribution in [-0.4, -0.2) is 39.3 Å². The number of likely N-dealkylation sites (tertiary alicyclic amines) is 1. The highest BCUT2D eigenvalue weighted by molar-refractivity contribution is 5.98. The molecule has 1 fully saturated rings. The van der Waals surface area contributed by atoms with E-state index in [-0.39, 0.29) is 6.03 Å². The molecule has 0 bridgehead atoms. The van der Waals surface area contributed by atoms with E-state index in [4.69, 9.17) is 0 Å². The molecule has 0 saturated carbocycles. The van der Waals surface area contributed by atoms with Gasteiger partial charge in [0, 0.05) is 18.5 Å². The van der Waals surface area contributed by atoms with Gasteiger partial charge < -0.3 is 10.0 Å². The summed E-state index contributed by atoms with van der Waals surface area (Å²) in [4.78, 5) is 14.4. The standard InChI is InChI=1S/C21H24N4O2/c1-14-7-8-15(2)17(13-14)21(27)9-11-25(12-10-21)20(26)22-19-16-5-3-4-6-18(16)23-24-19/h3-8,13,27H,9-12H2,1-2H3,(H2,22,23,24,26). The van der Waals surface area contributed by atoms with Gasteiger partial charge in [-0.25, -0.2) is 4.79 Å². The van der Waals surface area contributed by atoms with Crippen molar-refractivity contribution in [2.24, 2.45) is 0 Å². The van der Waals surface area contributed by atoms with Gasteiger partial charge in [0.05, 0.1) is 11.1 Å². The summed E-state index contributed by atoms with van der Waals surface area (Å²) in [7, 11) is 0. The van der Waals surface area contributed by atoms with E-state index in [1.807, 2.05) is 44.2 Å². The first-order chi connectivity index (χ1) is 13.0. The van der Waals surface area contributed by atoms with Crippen LogP contribution in [0.5, 0.6) is 0 Å². The second-order valence-electron chi connectivity index (χ2n) is 7.38. The van der Waals surface area contributed by atoms with Gasteiger partial charge in [-0.05, 0) is 49.9 Å². The Bertz CT molecular complexity index is 987. The Morgan fingerprint density at radius 1 is 1.19 bits per heavy atom. The lowest BCUT2D eigenvalue weighted by molar-refractivity contribution is -0.0162. The molecule has 1 aromatic heterocycles. The Morgan fingerprint density at radius 3 is 2.70 bits per heavy atom. The number of piperidine rings is 1. The maximum Gasteiger partial charge on any atom is 0.323 e. The zero-order valence-electron chi connectivity index (χ0n) is 15.6. The zero-order valence-corrected chi connectivity index (χ0v) is 15.6. The molecule has 3 aromatic rings. The fraction of sp³-hybridized carbons (Fsp3) is 0.333. The Balaban J connectivity index is 1.45. The molecule has 0 atom stereocenters. The van der Waals surface area contributed by atoms with Gasteiger partial charge in [-0.1, -0.05) is 35.9 Å². The van der Waals surface area contributed by atoms with Crippen LogP contribution in [0, 0.1) is 13.8 Å². The van der Waals surface area contributed by atoms with Crippen LogP contribution in [0.25, 0.3) is 10.9 Å². The number of aromatic nitrogens is 2. The summed E-state index contributed by atoms with van der Waals surface area (Å²) in [6.45, 7) is 5.05. The number of carbonyl (C=O) groups is 1. The minimum Gasteiger partial charge on any atom is -0.385 e. The number of aryl methyl sites for hydroxylation is 2. The number of hydrogen-bond acceptors (Lipinski definition) is 3. The smallest absolute Gasteiger partial charge is 0.323 e. The van der Waals surface area contributed by atoms with E-state index in [9.17, 15) is 9.90 Å².